The van der Waals surface area contributed by atoms with E-state index in [0.717, 1.165) is 96.3 Å². The largest absolute Gasteiger partial charge is 0.488 e. The van der Waals surface area contributed by atoms with Crippen molar-refractivity contribution in [2.45, 2.75) is 143 Å². The summed E-state index contributed by atoms with van der Waals surface area (Å²) in [6.45, 7) is 14.8. The van der Waals surface area contributed by atoms with Crippen LogP contribution in [0.25, 0.3) is 10.9 Å². The zero-order valence-electron chi connectivity index (χ0n) is 35.4. The summed E-state index contributed by atoms with van der Waals surface area (Å²) in [6, 6.07) is 8.56. The van der Waals surface area contributed by atoms with Crippen molar-refractivity contribution >= 4 is 37.2 Å². The van der Waals surface area contributed by atoms with Crippen LogP contribution in [0.2, 0.25) is 0 Å². The van der Waals surface area contributed by atoms with Gasteiger partial charge in [0.05, 0.1) is 22.7 Å². The molecule has 13 heteroatoms. The predicted octanol–water partition coefficient (Wildman–Crippen LogP) is 8.84. The Balaban J connectivity index is 1.12. The molecular weight excluding hydrogens is 777 g/mol. The molecule has 3 saturated heterocycles. The highest BCUT2D eigenvalue weighted by atomic mass is 32.2. The molecule has 3 aliphatic heterocycles. The monoisotopic (exact) mass is 843 g/mol. The number of nitrogens with zero attached hydrogens (tertiary/aromatic N) is 5. The van der Waals surface area contributed by atoms with Gasteiger partial charge in [0.1, 0.15) is 4.90 Å². The Hall–Kier alpha value is -2.71. The van der Waals surface area contributed by atoms with Crippen LogP contribution < -0.4 is 9.64 Å². The normalized spacial score (nSPS) is 19.1. The standard InChI is InChI=1S/C45H67F2N5O4S2/c1-5-6-7-8-9-10-11-12-13-14-29-56-45-40(46)31-38(32-41(45)47)58(54,55)43-33-48-42-16-15-37(57(4)53)30-39(42)44(43)52-23-19-35(20-24-52)50-21-17-36(18-22-50)51-27-25-49(26-28-51)34(2)3/h15-16,30-36H,5-14,17-29H2,1-4H3. The third-order valence-corrected chi connectivity index (χ3v) is 15.5. The molecule has 3 fully saturated rings. The van der Waals surface area contributed by atoms with E-state index < -0.39 is 42.9 Å². The topological polar surface area (TPSA) is 86.3 Å². The molecule has 4 heterocycles. The second-order valence-electron chi connectivity index (χ2n) is 17.0. The van der Waals surface area contributed by atoms with E-state index in [4.69, 9.17) is 4.74 Å². The summed E-state index contributed by atoms with van der Waals surface area (Å²) in [4.78, 5) is 14.4. The molecule has 1 aromatic heterocycles. The fourth-order valence-corrected chi connectivity index (χ4v) is 11.3. The van der Waals surface area contributed by atoms with Gasteiger partial charge in [-0.25, -0.2) is 17.2 Å². The number of sulfone groups is 1. The summed E-state index contributed by atoms with van der Waals surface area (Å²) >= 11 is 0. The SMILES string of the molecule is CCCCCCCCCCCCOc1c(F)cc(S(=O)(=O)c2cnc3ccc(S(C)=O)cc3c2N2CCC(N3CCC(N4CCN(C(C)C)CC4)CC3)CC2)cc1F. The van der Waals surface area contributed by atoms with Gasteiger partial charge in [-0.3, -0.25) is 19.0 Å². The van der Waals surface area contributed by atoms with Gasteiger partial charge in [0.25, 0.3) is 0 Å². The average Bonchev–Trinajstić information content (AvgIpc) is 3.23. The highest BCUT2D eigenvalue weighted by Gasteiger charge is 2.35. The first-order chi connectivity index (χ1) is 28.0. The zero-order valence-corrected chi connectivity index (χ0v) is 37.0. The van der Waals surface area contributed by atoms with Crippen molar-refractivity contribution < 1.29 is 26.1 Å². The number of piperidine rings is 2. The van der Waals surface area contributed by atoms with Gasteiger partial charge in [-0.15, -0.1) is 0 Å². The van der Waals surface area contributed by atoms with E-state index >= 15 is 8.78 Å². The van der Waals surface area contributed by atoms with Gasteiger partial charge < -0.3 is 14.5 Å². The molecular formula is C45H67F2N5O4S2. The van der Waals surface area contributed by atoms with Crippen LogP contribution in [0.15, 0.2) is 51.2 Å². The lowest BCUT2D eigenvalue weighted by atomic mass is 9.96. The molecule has 1 atom stereocenters. The Morgan fingerprint density at radius 2 is 1.33 bits per heavy atom. The lowest BCUT2D eigenvalue weighted by Crippen LogP contribution is -2.56. The molecule has 3 aliphatic rings. The number of piperazine rings is 1. The third-order valence-electron chi connectivity index (χ3n) is 12.8. The van der Waals surface area contributed by atoms with Crippen molar-refractivity contribution in [1.82, 2.24) is 19.7 Å². The number of anilines is 1. The number of halogens is 2. The van der Waals surface area contributed by atoms with Crippen molar-refractivity contribution in [2.24, 2.45) is 0 Å². The molecule has 0 radical (unpaired) electrons. The number of hydrogen-bond acceptors (Lipinski definition) is 9. The molecule has 0 N–H and O–H groups in total. The molecule has 2 aromatic carbocycles. The number of rotatable bonds is 19. The van der Waals surface area contributed by atoms with Crippen LogP contribution in [0.1, 0.15) is 111 Å². The smallest absolute Gasteiger partial charge is 0.210 e. The Kier molecular flexibility index (Phi) is 16.4. The quantitative estimate of drug-likeness (QED) is 0.110. The number of benzene rings is 2. The average molecular weight is 844 g/mol. The first-order valence-electron chi connectivity index (χ1n) is 22.1. The fourth-order valence-electron chi connectivity index (χ4n) is 9.25. The van der Waals surface area contributed by atoms with Gasteiger partial charge in [-0.2, -0.15) is 0 Å². The molecule has 0 saturated carbocycles. The van der Waals surface area contributed by atoms with Crippen LogP contribution in [0, 0.1) is 11.6 Å². The van der Waals surface area contributed by atoms with Crippen LogP contribution in [0.5, 0.6) is 5.75 Å². The van der Waals surface area contributed by atoms with Crippen LogP contribution in [0.3, 0.4) is 0 Å². The molecule has 0 amide bonds. The lowest BCUT2D eigenvalue weighted by molar-refractivity contribution is 0.0359. The fraction of sp³-hybridized carbons (Fsp3) is 0.667. The number of hydrogen-bond donors (Lipinski definition) is 0. The number of likely N-dealkylation sites (tertiary alicyclic amines) is 1. The molecule has 3 aromatic rings. The first-order valence-corrected chi connectivity index (χ1v) is 25.1. The van der Waals surface area contributed by atoms with Crippen LogP contribution in [-0.4, -0.2) is 116 Å². The van der Waals surface area contributed by atoms with Crippen molar-refractivity contribution in [3.05, 3.63) is 48.2 Å². The lowest BCUT2D eigenvalue weighted by Gasteiger charge is -2.46. The van der Waals surface area contributed by atoms with E-state index in [-0.39, 0.29) is 11.5 Å². The van der Waals surface area contributed by atoms with Crippen molar-refractivity contribution in [2.75, 3.05) is 70.1 Å². The molecule has 0 bridgehead atoms. The summed E-state index contributed by atoms with van der Waals surface area (Å²) in [6.07, 6.45) is 18.2. The summed E-state index contributed by atoms with van der Waals surface area (Å²) in [5.41, 5.74) is 1.01. The number of pyridine rings is 1. The minimum absolute atomic E-state index is 0.117. The number of aromatic nitrogens is 1. The summed E-state index contributed by atoms with van der Waals surface area (Å²) in [7, 11) is -5.76. The van der Waals surface area contributed by atoms with E-state index in [9.17, 15) is 12.6 Å². The van der Waals surface area contributed by atoms with Gasteiger partial charge in [-0.05, 0) is 89.4 Å². The zero-order chi connectivity index (χ0) is 41.2. The molecule has 9 nitrogen and oxygen atoms in total. The second-order valence-corrected chi connectivity index (χ2v) is 20.3. The second kappa shape index (κ2) is 21.2. The summed E-state index contributed by atoms with van der Waals surface area (Å²) in [5, 5.41) is 0.558. The maximum Gasteiger partial charge on any atom is 0.210 e. The molecule has 58 heavy (non-hydrogen) atoms. The van der Waals surface area contributed by atoms with E-state index in [1.165, 1.54) is 44.7 Å². The summed E-state index contributed by atoms with van der Waals surface area (Å²) in [5.74, 6) is -2.65. The van der Waals surface area contributed by atoms with Crippen LogP contribution in [0.4, 0.5) is 14.5 Å². The van der Waals surface area contributed by atoms with Crippen molar-refractivity contribution in [3.63, 3.8) is 0 Å². The third kappa shape index (κ3) is 11.2. The Morgan fingerprint density at radius 3 is 1.90 bits per heavy atom. The van der Waals surface area contributed by atoms with Crippen LogP contribution >= 0.6 is 0 Å². The minimum atomic E-state index is -4.44. The number of unbranched alkanes of at least 4 members (excludes halogenated alkanes) is 9. The van der Waals surface area contributed by atoms with Gasteiger partial charge in [0.15, 0.2) is 17.4 Å². The molecule has 6 rings (SSSR count). The van der Waals surface area contributed by atoms with Gasteiger partial charge in [0, 0.05) is 90.9 Å². The van der Waals surface area contributed by atoms with Crippen molar-refractivity contribution in [1.29, 1.82) is 0 Å². The van der Waals surface area contributed by atoms with Gasteiger partial charge >= 0.3 is 0 Å². The Morgan fingerprint density at radius 1 is 0.776 bits per heavy atom. The predicted molar refractivity (Wildman–Crippen MR) is 231 cm³/mol. The van der Waals surface area contributed by atoms with Gasteiger partial charge in [0.2, 0.25) is 9.84 Å². The van der Waals surface area contributed by atoms with Gasteiger partial charge in [-0.1, -0.05) is 64.7 Å². The van der Waals surface area contributed by atoms with E-state index in [0.29, 0.717) is 59.1 Å². The molecule has 322 valence electrons. The highest BCUT2D eigenvalue weighted by molar-refractivity contribution is 7.91. The Bertz CT molecular complexity index is 1900. The molecule has 0 spiro atoms. The summed E-state index contributed by atoms with van der Waals surface area (Å²) < 4.78 is 78.0. The minimum Gasteiger partial charge on any atom is -0.488 e. The number of ether oxygens (including phenoxy) is 1. The molecule has 1 unspecified atom stereocenters. The molecule has 0 aliphatic carbocycles. The highest BCUT2D eigenvalue weighted by Crippen LogP contribution is 2.40. The maximum atomic E-state index is 15.5. The van der Waals surface area contributed by atoms with E-state index in [1.807, 2.05) is 0 Å². The maximum absolute atomic E-state index is 15.5. The first kappa shape index (κ1) is 44.8. The van der Waals surface area contributed by atoms with Crippen LogP contribution in [-0.2, 0) is 20.6 Å². The number of fused-ring (bicyclic) bond motifs is 1. The van der Waals surface area contributed by atoms with Crippen molar-refractivity contribution in [3.8, 4) is 5.75 Å². The van der Waals surface area contributed by atoms with E-state index in [1.54, 1.807) is 24.5 Å². The van der Waals surface area contributed by atoms with E-state index in [2.05, 4.69) is 45.4 Å². The Labute approximate surface area is 349 Å².